The molecule has 2 saturated heterocycles. The third-order valence-corrected chi connectivity index (χ3v) is 8.31. The van der Waals surface area contributed by atoms with Crippen LogP contribution in [0.4, 0.5) is 11.5 Å². The van der Waals surface area contributed by atoms with E-state index in [2.05, 4.69) is 20.0 Å². The molecule has 0 saturated carbocycles. The average Bonchev–Trinajstić information content (AvgIpc) is 3.16. The Bertz CT molecular complexity index is 893. The number of ether oxygens (including phenoxy) is 1. The van der Waals surface area contributed by atoms with Crippen molar-refractivity contribution in [2.45, 2.75) is 4.21 Å². The lowest BCUT2D eigenvalue weighted by Crippen LogP contribution is -2.48. The highest BCUT2D eigenvalue weighted by Crippen LogP contribution is 2.29. The second kappa shape index (κ2) is 7.88. The molecule has 0 bridgehead atoms. The molecule has 0 radical (unpaired) electrons. The Morgan fingerprint density at radius 3 is 2.44 bits per heavy atom. The average molecular weight is 430 g/mol. The fraction of sp³-hybridized carbons (Fsp3) is 0.500. The van der Waals surface area contributed by atoms with E-state index >= 15 is 0 Å². The second-order valence-electron chi connectivity index (χ2n) is 6.32. The lowest BCUT2D eigenvalue weighted by molar-refractivity contribution is 0.122. The van der Waals surface area contributed by atoms with Gasteiger partial charge in [-0.3, -0.25) is 0 Å². The molecule has 27 heavy (non-hydrogen) atoms. The highest BCUT2D eigenvalue weighted by atomic mass is 35.5. The maximum absolute atomic E-state index is 12.7. The largest absolute Gasteiger partial charge is 0.378 e. The van der Waals surface area contributed by atoms with Gasteiger partial charge in [0, 0.05) is 45.3 Å². The van der Waals surface area contributed by atoms with E-state index in [-0.39, 0.29) is 4.21 Å². The van der Waals surface area contributed by atoms with Crippen LogP contribution in [0.5, 0.6) is 0 Å². The van der Waals surface area contributed by atoms with Gasteiger partial charge >= 0.3 is 0 Å². The smallest absolute Gasteiger partial charge is 0.252 e. The van der Waals surface area contributed by atoms with Crippen LogP contribution in [0, 0.1) is 0 Å². The Morgan fingerprint density at radius 1 is 1.04 bits per heavy atom. The molecule has 2 aromatic rings. The number of rotatable bonds is 4. The summed E-state index contributed by atoms with van der Waals surface area (Å²) in [6, 6.07) is 5.19. The van der Waals surface area contributed by atoms with Crippen LogP contribution in [-0.2, 0) is 14.8 Å². The third-order valence-electron chi connectivity index (χ3n) is 4.71. The number of morpholine rings is 1. The van der Waals surface area contributed by atoms with Crippen LogP contribution in [0.1, 0.15) is 0 Å². The summed E-state index contributed by atoms with van der Waals surface area (Å²) in [6.07, 6.45) is 1.76. The maximum atomic E-state index is 12.7. The zero-order chi connectivity index (χ0) is 18.9. The van der Waals surface area contributed by atoms with Crippen LogP contribution in [0.15, 0.2) is 28.6 Å². The van der Waals surface area contributed by atoms with Gasteiger partial charge in [0.1, 0.15) is 4.21 Å². The maximum Gasteiger partial charge on any atom is 0.252 e. The monoisotopic (exact) mass is 429 g/mol. The minimum Gasteiger partial charge on any atom is -0.378 e. The first kappa shape index (κ1) is 18.9. The number of nitrogens with zero attached hydrogens (tertiary/aromatic N) is 5. The quantitative estimate of drug-likeness (QED) is 0.729. The summed E-state index contributed by atoms with van der Waals surface area (Å²) >= 11 is 6.98. The number of sulfonamides is 1. The van der Waals surface area contributed by atoms with E-state index in [9.17, 15) is 8.42 Å². The first-order chi connectivity index (χ1) is 13.0. The van der Waals surface area contributed by atoms with Gasteiger partial charge in [-0.1, -0.05) is 11.6 Å². The Labute approximate surface area is 167 Å². The van der Waals surface area contributed by atoms with E-state index < -0.39 is 10.0 Å². The number of aromatic nitrogens is 2. The topological polar surface area (TPSA) is 78.9 Å². The molecular formula is C16H20ClN5O3S2. The predicted molar refractivity (Wildman–Crippen MR) is 105 cm³/mol. The molecule has 0 N–H and O–H groups in total. The number of hydrogen-bond acceptors (Lipinski definition) is 8. The molecular weight excluding hydrogens is 410 g/mol. The molecule has 0 aromatic carbocycles. The highest BCUT2D eigenvalue weighted by molar-refractivity contribution is 7.91. The third kappa shape index (κ3) is 4.04. The molecule has 4 rings (SSSR count). The zero-order valence-electron chi connectivity index (χ0n) is 14.6. The van der Waals surface area contributed by atoms with Crippen LogP contribution < -0.4 is 9.80 Å². The van der Waals surface area contributed by atoms with Crippen LogP contribution in [-0.4, -0.2) is 75.4 Å². The minimum absolute atomic E-state index is 0.287. The normalized spacial score (nSPS) is 19.4. The molecule has 146 valence electrons. The Kier molecular flexibility index (Phi) is 5.51. The van der Waals surface area contributed by atoms with Gasteiger partial charge in [-0.05, 0) is 12.1 Å². The molecule has 0 atom stereocenters. The molecule has 2 aliphatic heterocycles. The van der Waals surface area contributed by atoms with E-state index in [1.165, 1.54) is 4.31 Å². The van der Waals surface area contributed by atoms with Crippen molar-refractivity contribution in [2.24, 2.45) is 0 Å². The first-order valence-electron chi connectivity index (χ1n) is 8.70. The van der Waals surface area contributed by atoms with E-state index in [1.807, 2.05) is 6.07 Å². The van der Waals surface area contributed by atoms with Crippen molar-refractivity contribution < 1.29 is 13.2 Å². The van der Waals surface area contributed by atoms with Gasteiger partial charge in [-0.15, -0.1) is 16.4 Å². The van der Waals surface area contributed by atoms with Gasteiger partial charge in [0.25, 0.3) is 10.0 Å². The van der Waals surface area contributed by atoms with Crippen molar-refractivity contribution in [1.82, 2.24) is 14.5 Å². The van der Waals surface area contributed by atoms with Gasteiger partial charge in [-0.25, -0.2) is 8.42 Å². The molecule has 0 amide bonds. The van der Waals surface area contributed by atoms with Crippen LogP contribution in [0.25, 0.3) is 0 Å². The van der Waals surface area contributed by atoms with Gasteiger partial charge in [0.15, 0.2) is 5.82 Å². The van der Waals surface area contributed by atoms with Crippen molar-refractivity contribution in [3.05, 3.63) is 28.7 Å². The van der Waals surface area contributed by atoms with E-state index in [0.29, 0.717) is 43.7 Å². The van der Waals surface area contributed by atoms with Gasteiger partial charge in [0.05, 0.1) is 29.4 Å². The predicted octanol–water partition coefficient (Wildman–Crippen LogP) is 1.54. The van der Waals surface area contributed by atoms with Crippen LogP contribution >= 0.6 is 22.9 Å². The first-order valence-corrected chi connectivity index (χ1v) is 11.3. The molecule has 2 aromatic heterocycles. The van der Waals surface area contributed by atoms with Crippen molar-refractivity contribution in [1.29, 1.82) is 0 Å². The number of thiophene rings is 1. The molecule has 8 nitrogen and oxygen atoms in total. The van der Waals surface area contributed by atoms with Crippen molar-refractivity contribution in [3.63, 3.8) is 0 Å². The van der Waals surface area contributed by atoms with Crippen molar-refractivity contribution in [2.75, 3.05) is 62.3 Å². The standard InChI is InChI=1S/C16H20ClN5O3S2/c17-14-1-2-16(26-14)27(23,24)22-5-3-21(4-6-22)15-11-13(12-18-19-15)20-7-9-25-10-8-20/h1-2,11-12H,3-10H2. The van der Waals surface area contributed by atoms with E-state index in [4.69, 9.17) is 16.3 Å². The Morgan fingerprint density at radius 2 is 1.78 bits per heavy atom. The Hall–Kier alpha value is -1.46. The van der Waals surface area contributed by atoms with Gasteiger partial charge < -0.3 is 14.5 Å². The molecule has 4 heterocycles. The van der Waals surface area contributed by atoms with E-state index in [0.717, 1.165) is 35.9 Å². The molecule has 2 fully saturated rings. The summed E-state index contributed by atoms with van der Waals surface area (Å²) in [5.74, 6) is 0.773. The minimum atomic E-state index is -3.49. The number of anilines is 2. The van der Waals surface area contributed by atoms with Crippen molar-refractivity contribution in [3.8, 4) is 0 Å². The van der Waals surface area contributed by atoms with Crippen LogP contribution in [0.2, 0.25) is 4.34 Å². The summed E-state index contributed by atoms with van der Waals surface area (Å²) < 4.78 is 33.1. The molecule has 11 heteroatoms. The molecule has 0 spiro atoms. The van der Waals surface area contributed by atoms with E-state index in [1.54, 1.807) is 18.3 Å². The molecule has 0 aliphatic carbocycles. The van der Waals surface area contributed by atoms with Gasteiger partial charge in [-0.2, -0.15) is 9.40 Å². The van der Waals surface area contributed by atoms with Crippen molar-refractivity contribution >= 4 is 44.5 Å². The molecule has 0 unspecified atom stereocenters. The molecule has 2 aliphatic rings. The number of halogens is 1. The fourth-order valence-corrected chi connectivity index (χ4v) is 6.27. The summed E-state index contributed by atoms with van der Waals surface area (Å²) in [7, 11) is -3.49. The summed E-state index contributed by atoms with van der Waals surface area (Å²) in [5.41, 5.74) is 1.02. The summed E-state index contributed by atoms with van der Waals surface area (Å²) in [6.45, 7) is 5.03. The second-order valence-corrected chi connectivity index (χ2v) is 10.2. The highest BCUT2D eigenvalue weighted by Gasteiger charge is 2.30. The van der Waals surface area contributed by atoms with Gasteiger partial charge in [0.2, 0.25) is 0 Å². The number of hydrogen-bond donors (Lipinski definition) is 0. The summed E-state index contributed by atoms with van der Waals surface area (Å²) in [4.78, 5) is 4.30. The number of piperazine rings is 1. The fourth-order valence-electron chi connectivity index (χ4n) is 3.22. The Balaban J connectivity index is 1.43. The lowest BCUT2D eigenvalue weighted by atomic mass is 10.3. The zero-order valence-corrected chi connectivity index (χ0v) is 17.0. The summed E-state index contributed by atoms with van der Waals surface area (Å²) in [5, 5.41) is 8.38. The van der Waals surface area contributed by atoms with Crippen LogP contribution in [0.3, 0.4) is 0 Å². The SMILES string of the molecule is O=S(=O)(c1ccc(Cl)s1)N1CCN(c2cc(N3CCOCC3)cnn2)CC1. The lowest BCUT2D eigenvalue weighted by Gasteiger charge is -2.35.